The lowest BCUT2D eigenvalue weighted by atomic mass is 10.3. The maximum Gasteiger partial charge on any atom is 0.387 e. The molecule has 0 aromatic carbocycles. The Morgan fingerprint density at radius 3 is 2.25 bits per heavy atom. The van der Waals surface area contributed by atoms with E-state index in [1.807, 2.05) is 13.8 Å². The van der Waals surface area contributed by atoms with Gasteiger partial charge in [0.1, 0.15) is 5.76 Å². The summed E-state index contributed by atoms with van der Waals surface area (Å²) in [6, 6.07) is 0. The quantitative estimate of drug-likeness (QED) is 0.469. The Morgan fingerprint density at radius 1 is 1.33 bits per heavy atom. The van der Waals surface area contributed by atoms with Gasteiger partial charge in [-0.3, -0.25) is 0 Å². The highest BCUT2D eigenvalue weighted by Crippen LogP contribution is 2.06. The number of halogens is 2. The average molecular weight is 174 g/mol. The van der Waals surface area contributed by atoms with Crippen LogP contribution in [-0.2, 0) is 4.74 Å². The van der Waals surface area contributed by atoms with Gasteiger partial charge >= 0.3 is 6.61 Å². The van der Waals surface area contributed by atoms with Crippen molar-refractivity contribution >= 4 is 0 Å². The van der Waals surface area contributed by atoms with Gasteiger partial charge in [-0.15, -0.1) is 0 Å². The van der Waals surface area contributed by atoms with Crippen LogP contribution in [0.5, 0.6) is 0 Å². The molecule has 0 aliphatic rings. The first-order chi connectivity index (χ1) is 5.56. The van der Waals surface area contributed by atoms with E-state index in [-0.39, 0.29) is 5.76 Å². The van der Waals surface area contributed by atoms with Crippen LogP contribution in [0.1, 0.15) is 13.8 Å². The van der Waals surface area contributed by atoms with Crippen LogP contribution in [0, 0.1) is 0 Å². The number of alkyl halides is 2. The van der Waals surface area contributed by atoms with Crippen LogP contribution in [0.25, 0.3) is 0 Å². The van der Waals surface area contributed by atoms with Gasteiger partial charge in [0.2, 0.25) is 0 Å². The minimum absolute atomic E-state index is 0.0752. The first-order valence-corrected chi connectivity index (χ1v) is 3.48. The van der Waals surface area contributed by atoms with E-state index in [0.717, 1.165) is 5.57 Å². The first-order valence-electron chi connectivity index (χ1n) is 3.48. The van der Waals surface area contributed by atoms with Crippen LogP contribution in [0.3, 0.4) is 0 Å². The minimum Gasteiger partial charge on any atom is -0.435 e. The first kappa shape index (κ1) is 10.9. The van der Waals surface area contributed by atoms with Crippen LogP contribution < -0.4 is 0 Å². The summed E-state index contributed by atoms with van der Waals surface area (Å²) in [5, 5.41) is 0. The molecule has 0 unspecified atom stereocenters. The second kappa shape index (κ2) is 5.52. The second-order valence-corrected chi connectivity index (χ2v) is 2.40. The molecule has 0 heterocycles. The van der Waals surface area contributed by atoms with Gasteiger partial charge in [-0.2, -0.15) is 8.78 Å². The lowest BCUT2D eigenvalue weighted by molar-refractivity contribution is -0.0919. The van der Waals surface area contributed by atoms with Gasteiger partial charge in [0, 0.05) is 0 Å². The number of hydrogen-bond donors (Lipinski definition) is 0. The Labute approximate surface area is 71.0 Å². The van der Waals surface area contributed by atoms with E-state index in [0.29, 0.717) is 0 Å². The van der Waals surface area contributed by atoms with Crippen molar-refractivity contribution in [1.82, 2.24) is 0 Å². The molecule has 0 aliphatic heterocycles. The fraction of sp³-hybridized carbons (Fsp3) is 0.333. The van der Waals surface area contributed by atoms with Crippen molar-refractivity contribution in [1.29, 1.82) is 0 Å². The highest BCUT2D eigenvalue weighted by atomic mass is 19.3. The molecule has 12 heavy (non-hydrogen) atoms. The maximum absolute atomic E-state index is 11.7. The van der Waals surface area contributed by atoms with E-state index >= 15 is 0 Å². The third-order valence-corrected chi connectivity index (χ3v) is 1.01. The van der Waals surface area contributed by atoms with Crippen LogP contribution in [-0.4, -0.2) is 6.61 Å². The van der Waals surface area contributed by atoms with Crippen molar-refractivity contribution in [3.8, 4) is 0 Å². The predicted octanol–water partition coefficient (Wildman–Crippen LogP) is 3.26. The van der Waals surface area contributed by atoms with E-state index in [1.54, 1.807) is 6.08 Å². The van der Waals surface area contributed by atoms with Crippen molar-refractivity contribution in [2.45, 2.75) is 20.5 Å². The van der Waals surface area contributed by atoms with E-state index in [9.17, 15) is 8.78 Å². The Kier molecular flexibility index (Phi) is 5.00. The fourth-order valence-corrected chi connectivity index (χ4v) is 0.507. The van der Waals surface area contributed by atoms with Gasteiger partial charge in [0.15, 0.2) is 0 Å². The van der Waals surface area contributed by atoms with Crippen molar-refractivity contribution in [3.05, 3.63) is 36.1 Å². The van der Waals surface area contributed by atoms with Crippen molar-refractivity contribution < 1.29 is 13.5 Å². The second-order valence-electron chi connectivity index (χ2n) is 2.40. The van der Waals surface area contributed by atoms with Crippen molar-refractivity contribution in [2.75, 3.05) is 0 Å². The van der Waals surface area contributed by atoms with E-state index in [1.165, 1.54) is 12.2 Å². The Hall–Kier alpha value is -1.12. The lowest BCUT2D eigenvalue weighted by Gasteiger charge is -2.02. The molecule has 0 aromatic heterocycles. The molecule has 1 nitrogen and oxygen atoms in total. The predicted molar refractivity (Wildman–Crippen MR) is 44.8 cm³/mol. The van der Waals surface area contributed by atoms with E-state index < -0.39 is 6.61 Å². The third-order valence-electron chi connectivity index (χ3n) is 1.01. The van der Waals surface area contributed by atoms with Crippen LogP contribution in [0.4, 0.5) is 8.78 Å². The monoisotopic (exact) mass is 174 g/mol. The smallest absolute Gasteiger partial charge is 0.387 e. The summed E-state index contributed by atoms with van der Waals surface area (Å²) < 4.78 is 27.4. The summed E-state index contributed by atoms with van der Waals surface area (Å²) in [7, 11) is 0. The summed E-state index contributed by atoms with van der Waals surface area (Å²) in [6.45, 7) is 4.27. The van der Waals surface area contributed by atoms with Crippen LogP contribution in [0.2, 0.25) is 0 Å². The van der Waals surface area contributed by atoms with Gasteiger partial charge in [-0.1, -0.05) is 18.2 Å². The Morgan fingerprint density at radius 2 is 1.92 bits per heavy atom. The SMILES string of the molecule is C=C/C(=C\C=C(C)C)OC(F)F. The summed E-state index contributed by atoms with van der Waals surface area (Å²) in [4.78, 5) is 0. The van der Waals surface area contributed by atoms with Gasteiger partial charge in [-0.05, 0) is 26.0 Å². The summed E-state index contributed by atoms with van der Waals surface area (Å²) in [6.07, 6.45) is 4.37. The highest BCUT2D eigenvalue weighted by Gasteiger charge is 2.02. The molecule has 0 amide bonds. The molecule has 0 N–H and O–H groups in total. The average Bonchev–Trinajstić information content (AvgIpc) is 1.97. The zero-order valence-electron chi connectivity index (χ0n) is 7.18. The minimum atomic E-state index is -2.79. The molecule has 0 aliphatic carbocycles. The summed E-state index contributed by atoms with van der Waals surface area (Å²) in [5.74, 6) is 0.0752. The maximum atomic E-state index is 11.7. The third kappa shape index (κ3) is 5.65. The van der Waals surface area contributed by atoms with Gasteiger partial charge in [0.25, 0.3) is 0 Å². The van der Waals surface area contributed by atoms with E-state index in [2.05, 4.69) is 11.3 Å². The van der Waals surface area contributed by atoms with Crippen LogP contribution in [0.15, 0.2) is 36.1 Å². The standard InChI is InChI=1S/C9H12F2O/c1-4-8(12-9(10)11)6-5-7(2)3/h4-6,9H,1H2,2-3H3/b8-6+. The van der Waals surface area contributed by atoms with Crippen LogP contribution >= 0.6 is 0 Å². The summed E-state index contributed by atoms with van der Waals surface area (Å²) in [5.41, 5.74) is 1.01. The topological polar surface area (TPSA) is 9.23 Å². The lowest BCUT2D eigenvalue weighted by Crippen LogP contribution is -1.96. The molecule has 0 rings (SSSR count). The fourth-order valence-electron chi connectivity index (χ4n) is 0.507. The number of ether oxygens (including phenoxy) is 1. The normalized spacial score (nSPS) is 11.2. The zero-order chi connectivity index (χ0) is 9.56. The number of allylic oxidation sites excluding steroid dienone is 4. The molecule has 0 aromatic rings. The van der Waals surface area contributed by atoms with Crippen molar-refractivity contribution in [2.24, 2.45) is 0 Å². The molecule has 68 valence electrons. The van der Waals surface area contributed by atoms with Gasteiger partial charge in [-0.25, -0.2) is 0 Å². The Bertz CT molecular complexity index is 201. The molecule has 3 heteroatoms. The van der Waals surface area contributed by atoms with Gasteiger partial charge in [0.05, 0.1) is 0 Å². The van der Waals surface area contributed by atoms with Gasteiger partial charge < -0.3 is 4.74 Å². The number of hydrogen-bond acceptors (Lipinski definition) is 1. The molecule has 0 radical (unpaired) electrons. The molecule has 0 bridgehead atoms. The molecule has 0 spiro atoms. The van der Waals surface area contributed by atoms with Crippen molar-refractivity contribution in [3.63, 3.8) is 0 Å². The Balaban J connectivity index is 4.24. The van der Waals surface area contributed by atoms with E-state index in [4.69, 9.17) is 0 Å². The molecular weight excluding hydrogens is 162 g/mol. The zero-order valence-corrected chi connectivity index (χ0v) is 7.18. The molecule has 0 saturated heterocycles. The molecule has 0 saturated carbocycles. The molecular formula is C9H12F2O. The molecule has 0 atom stereocenters. The highest BCUT2D eigenvalue weighted by molar-refractivity contribution is 5.18. The largest absolute Gasteiger partial charge is 0.435 e. The molecule has 0 fully saturated rings. The summed E-state index contributed by atoms with van der Waals surface area (Å²) >= 11 is 0. The number of rotatable bonds is 4.